The second-order valence-corrected chi connectivity index (χ2v) is 7.93. The molecule has 0 saturated carbocycles. The first-order valence-corrected chi connectivity index (χ1v) is 10.6. The summed E-state index contributed by atoms with van der Waals surface area (Å²) >= 11 is 7.26. The molecule has 4 rings (SSSR count). The molecule has 30 heavy (non-hydrogen) atoms. The lowest BCUT2D eigenvalue weighted by atomic mass is 10.1. The van der Waals surface area contributed by atoms with E-state index in [1.54, 1.807) is 19.2 Å². The van der Waals surface area contributed by atoms with Gasteiger partial charge in [0, 0.05) is 23.3 Å². The number of aromatic amines is 1. The number of methoxy groups -OCH3 is 1. The van der Waals surface area contributed by atoms with E-state index in [4.69, 9.17) is 16.3 Å². The van der Waals surface area contributed by atoms with Gasteiger partial charge in [-0.15, -0.1) is 0 Å². The highest BCUT2D eigenvalue weighted by molar-refractivity contribution is 8.00. The van der Waals surface area contributed by atoms with E-state index < -0.39 is 0 Å². The number of rotatable bonds is 7. The van der Waals surface area contributed by atoms with Crippen LogP contribution in [0.4, 0.5) is 0 Å². The Labute approximate surface area is 183 Å². The van der Waals surface area contributed by atoms with E-state index in [2.05, 4.69) is 20.3 Å². The summed E-state index contributed by atoms with van der Waals surface area (Å²) in [6.45, 7) is 0.458. The van der Waals surface area contributed by atoms with E-state index in [1.165, 1.54) is 18.1 Å². The first-order valence-electron chi connectivity index (χ1n) is 9.24. The summed E-state index contributed by atoms with van der Waals surface area (Å²) in [5.41, 5.74) is 4.63. The van der Waals surface area contributed by atoms with E-state index in [1.807, 2.05) is 42.6 Å². The highest BCUT2D eigenvalue weighted by Crippen LogP contribution is 2.32. The molecule has 0 bridgehead atoms. The van der Waals surface area contributed by atoms with Crippen LogP contribution in [0, 0.1) is 0 Å². The van der Waals surface area contributed by atoms with Crippen LogP contribution in [0.1, 0.15) is 5.56 Å². The molecule has 0 aliphatic heterocycles. The Kier molecular flexibility index (Phi) is 6.21. The normalized spacial score (nSPS) is 10.9. The van der Waals surface area contributed by atoms with Gasteiger partial charge in [0.25, 0.3) is 0 Å². The van der Waals surface area contributed by atoms with Crippen LogP contribution in [0.25, 0.3) is 22.2 Å². The molecule has 0 aliphatic rings. The maximum absolute atomic E-state index is 12.3. The van der Waals surface area contributed by atoms with Gasteiger partial charge in [-0.3, -0.25) is 4.79 Å². The number of fused-ring (bicyclic) bond motifs is 1. The molecule has 2 heterocycles. The van der Waals surface area contributed by atoms with E-state index >= 15 is 0 Å². The van der Waals surface area contributed by atoms with E-state index in [0.29, 0.717) is 11.6 Å². The van der Waals surface area contributed by atoms with Gasteiger partial charge in [-0.05, 0) is 35.4 Å². The maximum atomic E-state index is 12.3. The maximum Gasteiger partial charge on any atom is 0.230 e. The van der Waals surface area contributed by atoms with Gasteiger partial charge in [0.1, 0.15) is 22.6 Å². The number of amides is 1. The standard InChI is InChI=1S/C22H19ClN4O2S/c1-29-17-8-4-15(5-9-17)18-11-25-21-20(18)26-13-27-22(21)30-12-19(28)24-10-14-2-6-16(23)7-3-14/h2-9,11,13,25H,10,12H2,1H3,(H,24,28). The molecule has 0 spiro atoms. The zero-order valence-corrected chi connectivity index (χ0v) is 17.8. The van der Waals surface area contributed by atoms with Crippen molar-refractivity contribution in [2.75, 3.05) is 12.9 Å². The van der Waals surface area contributed by atoms with Crippen molar-refractivity contribution in [3.8, 4) is 16.9 Å². The number of carbonyl (C=O) groups is 1. The van der Waals surface area contributed by atoms with Gasteiger partial charge in [0.15, 0.2) is 0 Å². The molecule has 0 unspecified atom stereocenters. The summed E-state index contributed by atoms with van der Waals surface area (Å²) in [5, 5.41) is 4.32. The molecule has 1 amide bonds. The third-order valence-corrected chi connectivity index (χ3v) is 5.81. The Balaban J connectivity index is 1.43. The van der Waals surface area contributed by atoms with Crippen LogP contribution in [-0.2, 0) is 11.3 Å². The summed E-state index contributed by atoms with van der Waals surface area (Å²) in [6, 6.07) is 15.2. The van der Waals surface area contributed by atoms with Crippen LogP contribution in [0.3, 0.4) is 0 Å². The molecule has 0 saturated heterocycles. The number of nitrogens with zero attached hydrogens (tertiary/aromatic N) is 2. The Morgan fingerprint density at radius 2 is 1.90 bits per heavy atom. The van der Waals surface area contributed by atoms with Crippen molar-refractivity contribution >= 4 is 40.3 Å². The molecule has 0 radical (unpaired) electrons. The molecule has 0 fully saturated rings. The second-order valence-electron chi connectivity index (χ2n) is 6.53. The molecule has 152 valence electrons. The Morgan fingerprint density at radius 3 is 2.63 bits per heavy atom. The van der Waals surface area contributed by atoms with Gasteiger partial charge in [0.05, 0.1) is 18.4 Å². The molecule has 0 atom stereocenters. The summed E-state index contributed by atoms with van der Waals surface area (Å²) in [6.07, 6.45) is 3.43. The lowest BCUT2D eigenvalue weighted by Gasteiger charge is -2.06. The lowest BCUT2D eigenvalue weighted by Crippen LogP contribution is -2.24. The summed E-state index contributed by atoms with van der Waals surface area (Å²) in [5.74, 6) is 0.995. The first-order chi connectivity index (χ1) is 14.6. The Bertz CT molecular complexity index is 1160. The number of benzene rings is 2. The molecule has 2 aromatic heterocycles. The number of ether oxygens (including phenoxy) is 1. The lowest BCUT2D eigenvalue weighted by molar-refractivity contribution is -0.118. The monoisotopic (exact) mass is 438 g/mol. The zero-order chi connectivity index (χ0) is 20.9. The van der Waals surface area contributed by atoms with Crippen LogP contribution >= 0.6 is 23.4 Å². The molecule has 4 aromatic rings. The molecule has 2 N–H and O–H groups in total. The zero-order valence-electron chi connectivity index (χ0n) is 16.2. The van der Waals surface area contributed by atoms with Gasteiger partial charge in [-0.2, -0.15) is 0 Å². The minimum atomic E-state index is -0.0661. The fourth-order valence-corrected chi connectivity index (χ4v) is 3.92. The SMILES string of the molecule is COc1ccc(-c2c[nH]c3c(SCC(=O)NCc4ccc(Cl)cc4)ncnc23)cc1. The average molecular weight is 439 g/mol. The fourth-order valence-electron chi connectivity index (χ4n) is 3.00. The smallest absolute Gasteiger partial charge is 0.230 e. The minimum absolute atomic E-state index is 0.0661. The largest absolute Gasteiger partial charge is 0.497 e. The highest BCUT2D eigenvalue weighted by atomic mass is 35.5. The number of thioether (sulfide) groups is 1. The average Bonchev–Trinajstić information content (AvgIpc) is 3.22. The van der Waals surface area contributed by atoms with Gasteiger partial charge in [0.2, 0.25) is 5.91 Å². The van der Waals surface area contributed by atoms with Gasteiger partial charge in [-0.25, -0.2) is 9.97 Å². The van der Waals surface area contributed by atoms with E-state index in [0.717, 1.165) is 38.5 Å². The van der Waals surface area contributed by atoms with Crippen molar-refractivity contribution in [1.82, 2.24) is 20.3 Å². The first kappa shape index (κ1) is 20.3. The predicted octanol–water partition coefficient (Wildman–Crippen LogP) is 4.70. The van der Waals surface area contributed by atoms with Crippen molar-refractivity contribution < 1.29 is 9.53 Å². The third-order valence-electron chi connectivity index (χ3n) is 4.57. The number of carbonyl (C=O) groups excluding carboxylic acids is 1. The van der Waals surface area contributed by atoms with Crippen molar-refractivity contribution in [3.05, 3.63) is 71.6 Å². The topological polar surface area (TPSA) is 79.9 Å². The molecule has 2 aromatic carbocycles. The van der Waals surface area contributed by atoms with Crippen molar-refractivity contribution in [2.24, 2.45) is 0 Å². The van der Waals surface area contributed by atoms with E-state index in [9.17, 15) is 4.79 Å². The van der Waals surface area contributed by atoms with Crippen LogP contribution in [0.5, 0.6) is 5.75 Å². The highest BCUT2D eigenvalue weighted by Gasteiger charge is 2.13. The molecular formula is C22H19ClN4O2S. The molecule has 0 aliphatic carbocycles. The van der Waals surface area contributed by atoms with Gasteiger partial charge < -0.3 is 15.0 Å². The minimum Gasteiger partial charge on any atom is -0.497 e. The quantitative estimate of drug-likeness (QED) is 0.323. The molecule has 6 nitrogen and oxygen atoms in total. The number of nitrogens with one attached hydrogen (secondary N) is 2. The van der Waals surface area contributed by atoms with Crippen LogP contribution < -0.4 is 10.1 Å². The van der Waals surface area contributed by atoms with Crippen LogP contribution in [0.2, 0.25) is 5.02 Å². The number of hydrogen-bond donors (Lipinski definition) is 2. The number of H-pyrrole nitrogens is 1. The van der Waals surface area contributed by atoms with Crippen LogP contribution in [-0.4, -0.2) is 33.7 Å². The van der Waals surface area contributed by atoms with Crippen molar-refractivity contribution in [2.45, 2.75) is 11.6 Å². The second kappa shape index (κ2) is 9.19. The Hall–Kier alpha value is -3.03. The number of aromatic nitrogens is 3. The third kappa shape index (κ3) is 4.58. The molecular weight excluding hydrogens is 420 g/mol. The molecule has 8 heteroatoms. The van der Waals surface area contributed by atoms with E-state index in [-0.39, 0.29) is 11.7 Å². The number of halogens is 1. The summed E-state index contributed by atoms with van der Waals surface area (Å²) < 4.78 is 5.22. The predicted molar refractivity (Wildman–Crippen MR) is 120 cm³/mol. The Morgan fingerprint density at radius 1 is 1.13 bits per heavy atom. The van der Waals surface area contributed by atoms with Crippen LogP contribution in [0.15, 0.2) is 66.1 Å². The summed E-state index contributed by atoms with van der Waals surface area (Å²) in [4.78, 5) is 24.3. The van der Waals surface area contributed by atoms with Crippen molar-refractivity contribution in [3.63, 3.8) is 0 Å². The van der Waals surface area contributed by atoms with Gasteiger partial charge >= 0.3 is 0 Å². The van der Waals surface area contributed by atoms with Crippen molar-refractivity contribution in [1.29, 1.82) is 0 Å². The summed E-state index contributed by atoms with van der Waals surface area (Å²) in [7, 11) is 1.64. The number of hydrogen-bond acceptors (Lipinski definition) is 5. The fraction of sp³-hybridized carbons (Fsp3) is 0.136. The van der Waals surface area contributed by atoms with Gasteiger partial charge in [-0.1, -0.05) is 47.6 Å².